The van der Waals surface area contributed by atoms with E-state index >= 15 is 0 Å². The maximum Gasteiger partial charge on any atom is 0.246 e. The van der Waals surface area contributed by atoms with E-state index in [4.69, 9.17) is 28.3 Å². The standard InChI is InChI=1S/C16H12ClFN4OS/c17-11-6-4-10(5-7-11)15-21-14(23-22-15)9-19-16(24)20-13-3-1-2-12(18)8-13/h1-8H,9H2,(H2,19,20,24). The minimum absolute atomic E-state index is 0.252. The van der Waals surface area contributed by atoms with Gasteiger partial charge in [-0.25, -0.2) is 4.39 Å². The van der Waals surface area contributed by atoms with Crippen molar-refractivity contribution in [2.45, 2.75) is 6.54 Å². The molecule has 122 valence electrons. The zero-order chi connectivity index (χ0) is 16.9. The molecule has 0 spiro atoms. The minimum Gasteiger partial charge on any atom is -0.353 e. The summed E-state index contributed by atoms with van der Waals surface area (Å²) in [6.45, 7) is 0.252. The van der Waals surface area contributed by atoms with Crippen LogP contribution in [0.2, 0.25) is 5.02 Å². The van der Waals surface area contributed by atoms with Gasteiger partial charge in [0, 0.05) is 16.3 Å². The smallest absolute Gasteiger partial charge is 0.246 e. The van der Waals surface area contributed by atoms with Gasteiger partial charge in [0.15, 0.2) is 5.11 Å². The molecule has 0 bridgehead atoms. The number of anilines is 1. The summed E-state index contributed by atoms with van der Waals surface area (Å²) >= 11 is 11.0. The summed E-state index contributed by atoms with van der Waals surface area (Å²) in [5.74, 6) is 0.503. The lowest BCUT2D eigenvalue weighted by molar-refractivity contribution is 0.376. The molecule has 1 heterocycles. The summed E-state index contributed by atoms with van der Waals surface area (Å²) in [6, 6.07) is 13.1. The number of hydrogen-bond donors (Lipinski definition) is 2. The fourth-order valence-electron chi connectivity index (χ4n) is 1.94. The largest absolute Gasteiger partial charge is 0.353 e. The maximum atomic E-state index is 13.1. The van der Waals surface area contributed by atoms with Gasteiger partial charge in [-0.2, -0.15) is 4.98 Å². The summed E-state index contributed by atoms with van der Waals surface area (Å²) in [5.41, 5.74) is 1.36. The highest BCUT2D eigenvalue weighted by Gasteiger charge is 2.09. The molecule has 0 aliphatic carbocycles. The minimum atomic E-state index is -0.340. The molecule has 0 radical (unpaired) electrons. The molecule has 2 N–H and O–H groups in total. The number of aromatic nitrogens is 2. The van der Waals surface area contributed by atoms with Crippen molar-refractivity contribution in [2.75, 3.05) is 5.32 Å². The Morgan fingerprint density at radius 1 is 1.21 bits per heavy atom. The van der Waals surface area contributed by atoms with Crippen LogP contribution in [0.4, 0.5) is 10.1 Å². The summed E-state index contributed by atoms with van der Waals surface area (Å²) < 4.78 is 18.3. The monoisotopic (exact) mass is 362 g/mol. The normalized spacial score (nSPS) is 10.4. The molecule has 8 heteroatoms. The average molecular weight is 363 g/mol. The Balaban J connectivity index is 1.57. The summed E-state index contributed by atoms with van der Waals surface area (Å²) in [6.07, 6.45) is 0. The number of halogens is 2. The Kier molecular flexibility index (Phi) is 5.02. The molecule has 0 atom stereocenters. The number of benzene rings is 2. The van der Waals surface area contributed by atoms with Crippen molar-refractivity contribution >= 4 is 34.6 Å². The number of nitrogens with zero attached hydrogens (tertiary/aromatic N) is 2. The van der Waals surface area contributed by atoms with Gasteiger partial charge in [-0.15, -0.1) is 0 Å². The van der Waals surface area contributed by atoms with Crippen molar-refractivity contribution in [2.24, 2.45) is 0 Å². The Morgan fingerprint density at radius 2 is 2.00 bits per heavy atom. The third-order valence-corrected chi connectivity index (χ3v) is 3.55. The van der Waals surface area contributed by atoms with Gasteiger partial charge in [-0.3, -0.25) is 0 Å². The van der Waals surface area contributed by atoms with Gasteiger partial charge in [0.2, 0.25) is 11.7 Å². The van der Waals surface area contributed by atoms with Crippen molar-refractivity contribution < 1.29 is 8.91 Å². The second kappa shape index (κ2) is 7.37. The van der Waals surface area contributed by atoms with Crippen LogP contribution in [-0.4, -0.2) is 15.3 Å². The van der Waals surface area contributed by atoms with Crippen LogP contribution in [0.3, 0.4) is 0 Å². The zero-order valence-corrected chi connectivity index (χ0v) is 13.9. The lowest BCUT2D eigenvalue weighted by Gasteiger charge is -2.08. The molecule has 24 heavy (non-hydrogen) atoms. The van der Waals surface area contributed by atoms with E-state index in [1.807, 2.05) is 0 Å². The Labute approximate surface area is 147 Å². The Hall–Kier alpha value is -2.51. The predicted octanol–water partition coefficient (Wildman–Crippen LogP) is 4.02. The quantitative estimate of drug-likeness (QED) is 0.684. The van der Waals surface area contributed by atoms with Crippen molar-refractivity contribution in [3.8, 4) is 11.4 Å². The first-order valence-electron chi connectivity index (χ1n) is 6.99. The maximum absolute atomic E-state index is 13.1. The van der Waals surface area contributed by atoms with E-state index in [1.165, 1.54) is 12.1 Å². The highest BCUT2D eigenvalue weighted by Crippen LogP contribution is 2.18. The van der Waals surface area contributed by atoms with E-state index in [0.29, 0.717) is 27.5 Å². The van der Waals surface area contributed by atoms with Crippen LogP contribution in [0, 0.1) is 5.82 Å². The molecular formula is C16H12ClFN4OS. The molecule has 2 aromatic carbocycles. The van der Waals surface area contributed by atoms with Gasteiger partial charge >= 0.3 is 0 Å². The molecule has 0 aliphatic rings. The number of thiocarbonyl (C=S) groups is 1. The highest BCUT2D eigenvalue weighted by molar-refractivity contribution is 7.80. The van der Waals surface area contributed by atoms with Gasteiger partial charge in [-0.1, -0.05) is 22.8 Å². The zero-order valence-electron chi connectivity index (χ0n) is 12.3. The third-order valence-electron chi connectivity index (χ3n) is 3.05. The van der Waals surface area contributed by atoms with Crippen LogP contribution in [0.25, 0.3) is 11.4 Å². The van der Waals surface area contributed by atoms with E-state index in [0.717, 1.165) is 5.56 Å². The van der Waals surface area contributed by atoms with E-state index in [1.54, 1.807) is 36.4 Å². The lowest BCUT2D eigenvalue weighted by atomic mass is 10.2. The van der Waals surface area contributed by atoms with E-state index in [9.17, 15) is 4.39 Å². The first-order valence-corrected chi connectivity index (χ1v) is 7.78. The first-order chi connectivity index (χ1) is 11.6. The van der Waals surface area contributed by atoms with Crippen LogP contribution in [0.1, 0.15) is 5.89 Å². The molecule has 3 rings (SSSR count). The lowest BCUT2D eigenvalue weighted by Crippen LogP contribution is -2.28. The summed E-state index contributed by atoms with van der Waals surface area (Å²) in [4.78, 5) is 4.27. The van der Waals surface area contributed by atoms with Gasteiger partial charge < -0.3 is 15.2 Å². The molecule has 3 aromatic rings. The molecule has 0 fully saturated rings. The van der Waals surface area contributed by atoms with Gasteiger partial charge in [0.25, 0.3) is 0 Å². The fraction of sp³-hybridized carbons (Fsp3) is 0.0625. The van der Waals surface area contributed by atoms with Gasteiger partial charge in [0.1, 0.15) is 5.82 Å². The number of hydrogen-bond acceptors (Lipinski definition) is 4. The molecule has 0 saturated heterocycles. The topological polar surface area (TPSA) is 63.0 Å². The number of nitrogens with one attached hydrogen (secondary N) is 2. The SMILES string of the molecule is Fc1cccc(NC(=S)NCc2nc(-c3ccc(Cl)cc3)no2)c1. The van der Waals surface area contributed by atoms with Gasteiger partial charge in [0.05, 0.1) is 6.54 Å². The number of rotatable bonds is 4. The molecule has 5 nitrogen and oxygen atoms in total. The van der Waals surface area contributed by atoms with Crippen LogP contribution >= 0.6 is 23.8 Å². The molecule has 0 aliphatic heterocycles. The molecule has 1 aromatic heterocycles. The average Bonchev–Trinajstić information content (AvgIpc) is 3.03. The Morgan fingerprint density at radius 3 is 2.75 bits per heavy atom. The van der Waals surface area contributed by atoms with Crippen molar-refractivity contribution in [1.29, 1.82) is 0 Å². The second-order valence-corrected chi connectivity index (χ2v) is 5.68. The first kappa shape index (κ1) is 16.4. The van der Waals surface area contributed by atoms with Crippen molar-refractivity contribution in [1.82, 2.24) is 15.5 Å². The fourth-order valence-corrected chi connectivity index (χ4v) is 2.26. The van der Waals surface area contributed by atoms with Gasteiger partial charge in [-0.05, 0) is 54.7 Å². The van der Waals surface area contributed by atoms with Crippen LogP contribution in [-0.2, 0) is 6.54 Å². The molecule has 0 saturated carbocycles. The summed E-state index contributed by atoms with van der Waals surface area (Å²) in [7, 11) is 0. The second-order valence-electron chi connectivity index (χ2n) is 4.84. The predicted molar refractivity (Wildman–Crippen MR) is 94.2 cm³/mol. The van der Waals surface area contributed by atoms with Crippen LogP contribution in [0.15, 0.2) is 53.1 Å². The van der Waals surface area contributed by atoms with Crippen molar-refractivity contribution in [3.05, 3.63) is 65.3 Å². The van der Waals surface area contributed by atoms with Crippen molar-refractivity contribution in [3.63, 3.8) is 0 Å². The van der Waals surface area contributed by atoms with E-state index < -0.39 is 0 Å². The summed E-state index contributed by atoms with van der Waals surface area (Å²) in [5, 5.41) is 10.7. The van der Waals surface area contributed by atoms with E-state index in [-0.39, 0.29) is 12.4 Å². The third kappa shape index (κ3) is 4.27. The molecular weight excluding hydrogens is 351 g/mol. The van der Waals surface area contributed by atoms with Crippen LogP contribution in [0.5, 0.6) is 0 Å². The molecule has 0 unspecified atom stereocenters. The Bertz CT molecular complexity index is 853. The van der Waals surface area contributed by atoms with E-state index in [2.05, 4.69) is 20.8 Å². The van der Waals surface area contributed by atoms with Crippen LogP contribution < -0.4 is 10.6 Å². The molecule has 0 amide bonds. The highest BCUT2D eigenvalue weighted by atomic mass is 35.5.